The summed E-state index contributed by atoms with van der Waals surface area (Å²) in [5.41, 5.74) is 2.52. The summed E-state index contributed by atoms with van der Waals surface area (Å²) in [7, 11) is 5.51. The summed E-state index contributed by atoms with van der Waals surface area (Å²) in [5, 5.41) is 1.05. The third kappa shape index (κ3) is 6.23. The molecule has 24 heavy (non-hydrogen) atoms. The average Bonchev–Trinajstić information content (AvgIpc) is 2.60. The van der Waals surface area contributed by atoms with E-state index in [0.717, 1.165) is 36.2 Å². The monoisotopic (exact) mass is 458 g/mol. The molecule has 0 spiro atoms. The summed E-state index contributed by atoms with van der Waals surface area (Å²) in [5.74, 6) is 1.79. The van der Waals surface area contributed by atoms with Gasteiger partial charge in [-0.25, -0.2) is 4.98 Å². The molecule has 6 heteroatoms. The van der Waals surface area contributed by atoms with Crippen LogP contribution in [0.4, 0.5) is 0 Å². The third-order valence-electron chi connectivity index (χ3n) is 3.57. The summed E-state index contributed by atoms with van der Waals surface area (Å²) in [6, 6.07) is 10.3. The smallest absolute Gasteiger partial charge is 0.118 e. The molecule has 0 bridgehead atoms. The van der Waals surface area contributed by atoms with Crippen LogP contribution < -0.4 is 4.74 Å². The van der Waals surface area contributed by atoms with E-state index in [1.54, 1.807) is 26.0 Å². The Labute approximate surface area is 162 Å². The molecule has 0 unspecified atom stereocenters. The van der Waals surface area contributed by atoms with Crippen LogP contribution in [0.15, 0.2) is 41.6 Å². The lowest BCUT2D eigenvalue weighted by atomic mass is 10.2. The third-order valence-corrected chi connectivity index (χ3v) is 5.57. The lowest BCUT2D eigenvalue weighted by Gasteiger charge is -2.17. The largest absolute Gasteiger partial charge is 0.497 e. The second-order valence-corrected chi connectivity index (χ2v) is 7.64. The van der Waals surface area contributed by atoms with Crippen molar-refractivity contribution in [2.45, 2.75) is 17.3 Å². The van der Waals surface area contributed by atoms with Gasteiger partial charge in [0.1, 0.15) is 5.75 Å². The van der Waals surface area contributed by atoms with E-state index in [1.807, 2.05) is 18.3 Å². The maximum Gasteiger partial charge on any atom is 0.118 e. The molecule has 2 rings (SSSR count). The second-order valence-electron chi connectivity index (χ2n) is 5.48. The first-order valence-electron chi connectivity index (χ1n) is 7.70. The lowest BCUT2D eigenvalue weighted by Crippen LogP contribution is -2.22. The minimum atomic E-state index is 0.746. The van der Waals surface area contributed by atoms with Gasteiger partial charge in [-0.2, -0.15) is 0 Å². The van der Waals surface area contributed by atoms with E-state index in [-0.39, 0.29) is 0 Å². The van der Waals surface area contributed by atoms with Crippen LogP contribution in [-0.2, 0) is 17.0 Å². The van der Waals surface area contributed by atoms with Crippen LogP contribution >= 0.6 is 34.4 Å². The normalized spacial score (nSPS) is 11.0. The van der Waals surface area contributed by atoms with E-state index in [2.05, 4.69) is 57.7 Å². The van der Waals surface area contributed by atoms with Gasteiger partial charge in [0.15, 0.2) is 0 Å². The Morgan fingerprint density at radius 3 is 2.58 bits per heavy atom. The lowest BCUT2D eigenvalue weighted by molar-refractivity contribution is 0.158. The Bertz CT molecular complexity index is 637. The maximum absolute atomic E-state index is 5.18. The molecule has 0 aliphatic carbocycles. The summed E-state index contributed by atoms with van der Waals surface area (Å²) < 4.78 is 11.6. The Morgan fingerprint density at radius 1 is 1.21 bits per heavy atom. The zero-order valence-electron chi connectivity index (χ0n) is 14.3. The van der Waals surface area contributed by atoms with Crippen LogP contribution in [-0.4, -0.2) is 44.3 Å². The first-order chi connectivity index (χ1) is 11.6. The zero-order valence-corrected chi connectivity index (χ0v) is 17.3. The summed E-state index contributed by atoms with van der Waals surface area (Å²) in [4.78, 5) is 6.84. The minimum absolute atomic E-state index is 0.746. The fraction of sp³-hybridized carbons (Fsp3) is 0.389. The molecule has 0 N–H and O–H groups in total. The highest BCUT2D eigenvalue weighted by Crippen LogP contribution is 2.25. The van der Waals surface area contributed by atoms with E-state index in [0.29, 0.717) is 0 Å². The van der Waals surface area contributed by atoms with Gasteiger partial charge in [-0.05, 0) is 59.0 Å². The van der Waals surface area contributed by atoms with Crippen LogP contribution in [0.1, 0.15) is 11.1 Å². The van der Waals surface area contributed by atoms with Gasteiger partial charge in [-0.3, -0.25) is 4.90 Å². The number of thioether (sulfide) groups is 1. The molecule has 1 aromatic carbocycles. The molecule has 0 saturated heterocycles. The fourth-order valence-electron chi connectivity index (χ4n) is 2.13. The van der Waals surface area contributed by atoms with Crippen molar-refractivity contribution in [1.29, 1.82) is 0 Å². The van der Waals surface area contributed by atoms with Gasteiger partial charge in [0.25, 0.3) is 0 Å². The topological polar surface area (TPSA) is 34.6 Å². The molecule has 1 aromatic heterocycles. The number of hydrogen-bond acceptors (Lipinski definition) is 5. The van der Waals surface area contributed by atoms with Crippen molar-refractivity contribution in [1.82, 2.24) is 9.88 Å². The number of hydrogen-bond donors (Lipinski definition) is 0. The van der Waals surface area contributed by atoms with Crippen molar-refractivity contribution < 1.29 is 9.47 Å². The first-order valence-corrected chi connectivity index (χ1v) is 9.76. The van der Waals surface area contributed by atoms with Crippen molar-refractivity contribution in [2.24, 2.45) is 0 Å². The molecular weight excluding hydrogens is 435 g/mol. The van der Waals surface area contributed by atoms with Gasteiger partial charge in [0, 0.05) is 35.7 Å². The minimum Gasteiger partial charge on any atom is -0.497 e. The molecule has 0 aliphatic rings. The van der Waals surface area contributed by atoms with Gasteiger partial charge in [0.05, 0.1) is 18.7 Å². The van der Waals surface area contributed by atoms with Crippen molar-refractivity contribution >= 4 is 34.4 Å². The van der Waals surface area contributed by atoms with Gasteiger partial charge in [-0.1, -0.05) is 12.1 Å². The summed E-state index contributed by atoms with van der Waals surface area (Å²) in [6.07, 6.45) is 1.99. The number of ether oxygens (including phenoxy) is 2. The van der Waals surface area contributed by atoms with Crippen molar-refractivity contribution in [2.75, 3.05) is 34.4 Å². The molecule has 130 valence electrons. The summed E-state index contributed by atoms with van der Waals surface area (Å²) >= 11 is 4.15. The van der Waals surface area contributed by atoms with Crippen LogP contribution in [0.5, 0.6) is 5.75 Å². The van der Waals surface area contributed by atoms with E-state index in [4.69, 9.17) is 9.47 Å². The Hall–Kier alpha value is -0.830. The average molecular weight is 458 g/mol. The van der Waals surface area contributed by atoms with E-state index < -0.39 is 0 Å². The Morgan fingerprint density at radius 2 is 1.96 bits per heavy atom. The molecular formula is C18H23IN2O2S. The van der Waals surface area contributed by atoms with E-state index >= 15 is 0 Å². The Kier molecular flexibility index (Phi) is 8.31. The quantitative estimate of drug-likeness (QED) is 0.418. The number of methoxy groups -OCH3 is 2. The van der Waals surface area contributed by atoms with E-state index in [9.17, 15) is 0 Å². The van der Waals surface area contributed by atoms with Crippen LogP contribution in [0.2, 0.25) is 0 Å². The highest BCUT2D eigenvalue weighted by atomic mass is 127. The molecule has 0 aliphatic heterocycles. The van der Waals surface area contributed by atoms with Crippen LogP contribution in [0, 0.1) is 3.57 Å². The second kappa shape index (κ2) is 10.2. The SMILES string of the molecule is COCCN(C)Cc1cnc(SCc2ccc(OC)cc2)cc1I. The number of benzene rings is 1. The number of pyridine rings is 1. The predicted octanol–water partition coefficient (Wildman–Crippen LogP) is 4.07. The number of likely N-dealkylation sites (N-methyl/N-ethyl adjacent to an activating group) is 1. The molecule has 4 nitrogen and oxygen atoms in total. The van der Waals surface area contributed by atoms with E-state index in [1.165, 1.54) is 14.7 Å². The van der Waals surface area contributed by atoms with Crippen molar-refractivity contribution in [3.63, 3.8) is 0 Å². The van der Waals surface area contributed by atoms with Gasteiger partial charge >= 0.3 is 0 Å². The highest BCUT2D eigenvalue weighted by molar-refractivity contribution is 14.1. The zero-order chi connectivity index (χ0) is 17.4. The molecule has 1 heterocycles. The summed E-state index contributed by atoms with van der Waals surface area (Å²) in [6.45, 7) is 2.55. The van der Waals surface area contributed by atoms with Crippen LogP contribution in [0.25, 0.3) is 0 Å². The predicted molar refractivity (Wildman–Crippen MR) is 108 cm³/mol. The van der Waals surface area contributed by atoms with Gasteiger partial charge in [-0.15, -0.1) is 11.8 Å². The number of halogens is 1. The van der Waals surface area contributed by atoms with Gasteiger partial charge in [0.2, 0.25) is 0 Å². The fourth-order valence-corrected chi connectivity index (χ4v) is 3.78. The molecule has 0 saturated carbocycles. The van der Waals surface area contributed by atoms with Gasteiger partial charge < -0.3 is 9.47 Å². The standard InChI is InChI=1S/C18H23IN2O2S/c1-21(8-9-22-2)12-15-11-20-18(10-17(15)19)24-13-14-4-6-16(23-3)7-5-14/h4-7,10-11H,8-9,12-13H2,1-3H3. The number of rotatable bonds is 9. The van der Waals surface area contributed by atoms with Crippen LogP contribution in [0.3, 0.4) is 0 Å². The molecule has 0 radical (unpaired) electrons. The molecule has 0 fully saturated rings. The maximum atomic E-state index is 5.18. The van der Waals surface area contributed by atoms with Crippen molar-refractivity contribution in [3.8, 4) is 5.75 Å². The molecule has 0 amide bonds. The molecule has 2 aromatic rings. The Balaban J connectivity index is 1.91. The number of nitrogens with zero attached hydrogens (tertiary/aromatic N) is 2. The number of aromatic nitrogens is 1. The first kappa shape index (κ1) is 19.5. The van der Waals surface area contributed by atoms with Crippen molar-refractivity contribution in [3.05, 3.63) is 51.2 Å². The molecule has 0 atom stereocenters. The highest BCUT2D eigenvalue weighted by Gasteiger charge is 2.07.